The summed E-state index contributed by atoms with van der Waals surface area (Å²) in [5, 5.41) is 22.2. The van der Waals surface area contributed by atoms with Crippen LogP contribution in [0.25, 0.3) is 76.0 Å². The Balaban J connectivity index is 0.000000168. The van der Waals surface area contributed by atoms with Crippen LogP contribution in [0.2, 0.25) is 0 Å². The number of hydrogen-bond acceptors (Lipinski definition) is 4. The normalized spacial score (nSPS) is 11.8. The summed E-state index contributed by atoms with van der Waals surface area (Å²) < 4.78 is 12.3. The molecule has 0 saturated carbocycles. The summed E-state index contributed by atoms with van der Waals surface area (Å²) >= 11 is 0. The monoisotopic (exact) mass is 746 g/mol. The summed E-state index contributed by atoms with van der Waals surface area (Å²) in [5.74, 6) is 1.35. The highest BCUT2D eigenvalue weighted by Gasteiger charge is 2.27. The fourth-order valence-electron chi connectivity index (χ4n) is 7.21. The van der Waals surface area contributed by atoms with Gasteiger partial charge in [0.25, 0.3) is 0 Å². The van der Waals surface area contributed by atoms with Gasteiger partial charge in [-0.3, -0.25) is 4.79 Å². The van der Waals surface area contributed by atoms with Crippen LogP contribution in [0, 0.1) is 0 Å². The first kappa shape index (κ1) is 41.6. The second-order valence-electron chi connectivity index (χ2n) is 14.3. The van der Waals surface area contributed by atoms with Crippen LogP contribution in [0.4, 0.5) is 0 Å². The van der Waals surface area contributed by atoms with Gasteiger partial charge < -0.3 is 13.9 Å². The van der Waals surface area contributed by atoms with Crippen LogP contribution in [0.3, 0.4) is 0 Å². The Bertz CT molecular complexity index is 2680. The summed E-state index contributed by atoms with van der Waals surface area (Å²) in [6, 6.07) is 38.5. The number of phenolic OH excluding ortho intramolecular Hbond substituents is 1. The van der Waals surface area contributed by atoms with Crippen molar-refractivity contribution in [3.63, 3.8) is 0 Å². The largest absolute Gasteiger partial charge is 0.507 e. The Labute approximate surface area is 332 Å². The maximum Gasteiger partial charge on any atom is 0.167 e. The van der Waals surface area contributed by atoms with Crippen LogP contribution >= 0.6 is 0 Å². The highest BCUT2D eigenvalue weighted by molar-refractivity contribution is 6.31. The van der Waals surface area contributed by atoms with E-state index >= 15 is 0 Å². The van der Waals surface area contributed by atoms with E-state index in [1.807, 2.05) is 48.5 Å². The van der Waals surface area contributed by atoms with Crippen molar-refractivity contribution in [1.82, 2.24) is 0 Å². The van der Waals surface area contributed by atoms with Crippen LogP contribution in [0.5, 0.6) is 5.75 Å². The predicted molar refractivity (Wildman–Crippen MR) is 243 cm³/mol. The van der Waals surface area contributed by atoms with E-state index in [2.05, 4.69) is 116 Å². The summed E-state index contributed by atoms with van der Waals surface area (Å²) in [4.78, 5) is 12.5. The molecule has 290 valence electrons. The minimum absolute atomic E-state index is 0.223. The molecule has 0 aliphatic heterocycles. The molecule has 10 rings (SSSR count). The van der Waals surface area contributed by atoms with Gasteiger partial charge >= 0.3 is 0 Å². The Morgan fingerprint density at radius 2 is 0.839 bits per heavy atom. The molecule has 0 unspecified atom stereocenters. The van der Waals surface area contributed by atoms with Crippen LogP contribution in [-0.2, 0) is 6.42 Å². The van der Waals surface area contributed by atoms with E-state index in [1.54, 1.807) is 6.07 Å². The van der Waals surface area contributed by atoms with Crippen molar-refractivity contribution < 1.29 is 18.7 Å². The van der Waals surface area contributed by atoms with Crippen molar-refractivity contribution in [1.29, 1.82) is 0 Å². The molecular formula is C52H58O4. The summed E-state index contributed by atoms with van der Waals surface area (Å²) in [6.07, 6.45) is 7.38. The minimum atomic E-state index is 0.223. The third kappa shape index (κ3) is 8.31. The Morgan fingerprint density at radius 1 is 0.446 bits per heavy atom. The highest BCUT2D eigenvalue weighted by atomic mass is 16.3. The van der Waals surface area contributed by atoms with Crippen LogP contribution in [-0.4, -0.2) is 10.9 Å². The SMILES string of the molecule is CCC.CCC.CCC.CCC.O=C1CCCc2oc3c4ccccc4c4ccccc4c3c21.Oc1cccc2oc3c4ccccc4c4ccccc4c3c12. The number of carbonyl (C=O) groups is 1. The van der Waals surface area contributed by atoms with Crippen molar-refractivity contribution in [2.24, 2.45) is 0 Å². The molecule has 4 heteroatoms. The van der Waals surface area contributed by atoms with Gasteiger partial charge in [0.05, 0.1) is 10.9 Å². The van der Waals surface area contributed by atoms with Crippen molar-refractivity contribution in [2.75, 3.05) is 0 Å². The summed E-state index contributed by atoms with van der Waals surface area (Å²) in [6.45, 7) is 17.0. The van der Waals surface area contributed by atoms with E-state index in [0.29, 0.717) is 6.42 Å². The second kappa shape index (κ2) is 19.8. The van der Waals surface area contributed by atoms with Gasteiger partial charge in [0.1, 0.15) is 28.3 Å². The fourth-order valence-corrected chi connectivity index (χ4v) is 7.21. The van der Waals surface area contributed by atoms with Gasteiger partial charge in [-0.1, -0.05) is 184 Å². The molecule has 0 spiro atoms. The lowest BCUT2D eigenvalue weighted by atomic mass is 9.90. The highest BCUT2D eigenvalue weighted by Crippen LogP contribution is 2.44. The van der Waals surface area contributed by atoms with E-state index in [0.717, 1.165) is 78.6 Å². The number of rotatable bonds is 0. The quantitative estimate of drug-likeness (QED) is 0.157. The van der Waals surface area contributed by atoms with Crippen molar-refractivity contribution in [2.45, 2.75) is 100 Å². The Morgan fingerprint density at radius 3 is 1.32 bits per heavy atom. The average molecular weight is 747 g/mol. The number of furan rings is 2. The minimum Gasteiger partial charge on any atom is -0.507 e. The maximum absolute atomic E-state index is 12.5. The summed E-state index contributed by atoms with van der Waals surface area (Å²) in [5.41, 5.74) is 3.25. The number of ketones is 1. The standard InChI is InChI=1S/C20H14O2.C20H12O2.4C3H8/c2*21-16-10-5-11-17-19(16)18-14-8-3-1-6-12(14)13-7-2-4-9-15(13)20(18)22-17;4*1-3-2/h1-4,6-9H,5,10-11H2;1-11,21H;4*3H2,1-2H3. The van der Waals surface area contributed by atoms with Gasteiger partial charge in [0.15, 0.2) is 5.78 Å². The van der Waals surface area contributed by atoms with Gasteiger partial charge in [-0.05, 0) is 50.9 Å². The number of carbonyl (C=O) groups excluding carboxylic acids is 1. The zero-order chi connectivity index (χ0) is 40.2. The smallest absolute Gasteiger partial charge is 0.167 e. The van der Waals surface area contributed by atoms with Crippen LogP contribution in [0.1, 0.15) is 110 Å². The second-order valence-corrected chi connectivity index (χ2v) is 14.3. The van der Waals surface area contributed by atoms with Crippen LogP contribution < -0.4 is 0 Å². The zero-order valence-electron chi connectivity index (χ0n) is 34.6. The molecular weight excluding hydrogens is 689 g/mol. The van der Waals surface area contributed by atoms with Gasteiger partial charge in [-0.15, -0.1) is 0 Å². The number of aromatic hydroxyl groups is 1. The lowest BCUT2D eigenvalue weighted by molar-refractivity contribution is 0.0971. The Kier molecular flexibility index (Phi) is 14.7. The zero-order valence-corrected chi connectivity index (χ0v) is 34.6. The fraction of sp³-hybridized carbons (Fsp3) is 0.288. The first-order chi connectivity index (χ1) is 27.3. The van der Waals surface area contributed by atoms with E-state index in [1.165, 1.54) is 47.2 Å². The maximum atomic E-state index is 12.5. The molecule has 4 nitrogen and oxygen atoms in total. The molecule has 0 radical (unpaired) electrons. The van der Waals surface area contributed by atoms with Crippen molar-refractivity contribution >= 4 is 81.8 Å². The van der Waals surface area contributed by atoms with Gasteiger partial charge in [0, 0.05) is 34.4 Å². The molecule has 2 heterocycles. The first-order valence-electron chi connectivity index (χ1n) is 20.7. The molecule has 2 aromatic heterocycles. The Hall–Kier alpha value is -5.61. The molecule has 0 fully saturated rings. The van der Waals surface area contributed by atoms with Crippen molar-refractivity contribution in [3.8, 4) is 5.75 Å². The lowest BCUT2D eigenvalue weighted by Gasteiger charge is -2.09. The van der Waals surface area contributed by atoms with Gasteiger partial charge in [-0.25, -0.2) is 0 Å². The van der Waals surface area contributed by atoms with E-state index < -0.39 is 0 Å². The number of benzene rings is 7. The number of hydrogen-bond donors (Lipinski definition) is 1. The molecule has 1 aliphatic carbocycles. The number of aryl methyl sites for hydroxylation is 1. The number of fused-ring (bicyclic) bond motifs is 16. The molecule has 0 saturated heterocycles. The molecule has 0 amide bonds. The van der Waals surface area contributed by atoms with Crippen molar-refractivity contribution in [3.05, 3.63) is 127 Å². The topological polar surface area (TPSA) is 63.6 Å². The molecule has 0 bridgehead atoms. The first-order valence-corrected chi connectivity index (χ1v) is 20.7. The van der Waals surface area contributed by atoms with E-state index in [-0.39, 0.29) is 11.5 Å². The number of Topliss-reactive ketones (excluding diaryl/α,β-unsaturated/α-hetero) is 1. The van der Waals surface area contributed by atoms with Gasteiger partial charge in [0.2, 0.25) is 0 Å². The lowest BCUT2D eigenvalue weighted by Crippen LogP contribution is -2.08. The number of phenols is 1. The third-order valence-corrected chi connectivity index (χ3v) is 9.08. The molecule has 56 heavy (non-hydrogen) atoms. The molecule has 7 aromatic carbocycles. The van der Waals surface area contributed by atoms with E-state index in [9.17, 15) is 9.90 Å². The van der Waals surface area contributed by atoms with Gasteiger partial charge in [-0.2, -0.15) is 0 Å². The van der Waals surface area contributed by atoms with Crippen LogP contribution in [0.15, 0.2) is 124 Å². The third-order valence-electron chi connectivity index (χ3n) is 9.08. The predicted octanol–water partition coefficient (Wildman–Crippen LogP) is 16.5. The van der Waals surface area contributed by atoms with E-state index in [4.69, 9.17) is 8.83 Å². The average Bonchev–Trinajstić information content (AvgIpc) is 3.82. The molecule has 1 N–H and O–H groups in total. The molecule has 0 atom stereocenters. The summed E-state index contributed by atoms with van der Waals surface area (Å²) in [7, 11) is 0. The molecule has 9 aromatic rings. The molecule has 1 aliphatic rings.